The molecule has 0 atom stereocenters. The zero-order chi connectivity index (χ0) is 15.0. The summed E-state index contributed by atoms with van der Waals surface area (Å²) in [6.45, 7) is 8.19. The number of hydrogen-bond acceptors (Lipinski definition) is 3. The zero-order valence-electron chi connectivity index (χ0n) is 11.1. The van der Waals surface area contributed by atoms with Gasteiger partial charge in [0.1, 0.15) is 0 Å². The van der Waals surface area contributed by atoms with E-state index < -0.39 is 8.25 Å². The standard InChI is InChI=1S/C14H16O2.HO3P/c1-3-5-12-11-7-8-14(13(12)6-4-2)16-15-10-9-11;1-4(2)3/h3-4,7-8H,1-2,5-6,9-10H2;(H-,1,2,3)/p+1. The summed E-state index contributed by atoms with van der Waals surface area (Å²) in [5.74, 6) is 0.806. The number of fused-ring (bicyclic) bond motifs is 5. The molecule has 0 saturated carbocycles. The second-order valence-corrected chi connectivity index (χ2v) is 4.58. The largest absolute Gasteiger partial charge is 0.692 e. The van der Waals surface area contributed by atoms with E-state index in [1.165, 1.54) is 16.7 Å². The lowest BCUT2D eigenvalue weighted by Gasteiger charge is -2.19. The molecule has 0 radical (unpaired) electrons. The van der Waals surface area contributed by atoms with E-state index in [4.69, 9.17) is 24.1 Å². The van der Waals surface area contributed by atoms with E-state index >= 15 is 0 Å². The lowest BCUT2D eigenvalue weighted by molar-refractivity contribution is -0.207. The molecule has 2 heterocycles. The number of hydrogen-bond donors (Lipinski definition) is 2. The topological polar surface area (TPSA) is 76.0 Å². The Morgan fingerprint density at radius 1 is 1.20 bits per heavy atom. The maximum atomic E-state index is 8.70. The first kappa shape index (κ1) is 16.5. The van der Waals surface area contributed by atoms with Gasteiger partial charge in [0.05, 0.1) is 6.61 Å². The van der Waals surface area contributed by atoms with Gasteiger partial charge in [-0.3, -0.25) is 0 Å². The van der Waals surface area contributed by atoms with Crippen molar-refractivity contribution < 1.29 is 24.1 Å². The van der Waals surface area contributed by atoms with Gasteiger partial charge in [-0.15, -0.1) is 22.9 Å². The molecule has 0 aliphatic carbocycles. The molecule has 6 heteroatoms. The van der Waals surface area contributed by atoms with Crippen molar-refractivity contribution in [1.29, 1.82) is 0 Å². The van der Waals surface area contributed by atoms with Crippen LogP contribution in [0.3, 0.4) is 0 Å². The van der Waals surface area contributed by atoms with E-state index in [0.717, 1.165) is 25.0 Å². The zero-order valence-corrected chi connectivity index (χ0v) is 12.0. The highest BCUT2D eigenvalue weighted by Crippen LogP contribution is 2.29. The monoisotopic (exact) mass is 297 g/mol. The van der Waals surface area contributed by atoms with Crippen LogP contribution in [-0.2, 0) is 28.7 Å². The van der Waals surface area contributed by atoms with Crippen molar-refractivity contribution in [2.24, 2.45) is 0 Å². The first-order chi connectivity index (χ1) is 9.60. The third-order valence-electron chi connectivity index (χ3n) is 2.79. The van der Waals surface area contributed by atoms with Crippen LogP contribution in [-0.4, -0.2) is 16.4 Å². The van der Waals surface area contributed by atoms with Crippen LogP contribution in [0, 0.1) is 0 Å². The predicted molar refractivity (Wildman–Crippen MR) is 76.6 cm³/mol. The van der Waals surface area contributed by atoms with E-state index in [1.54, 1.807) is 0 Å². The Labute approximate surface area is 119 Å². The summed E-state index contributed by atoms with van der Waals surface area (Å²) in [5, 5.41) is 0. The Morgan fingerprint density at radius 3 is 2.40 bits per heavy atom. The Morgan fingerprint density at radius 2 is 1.80 bits per heavy atom. The van der Waals surface area contributed by atoms with Gasteiger partial charge in [0.25, 0.3) is 0 Å². The van der Waals surface area contributed by atoms with Gasteiger partial charge in [0.15, 0.2) is 5.75 Å². The summed E-state index contributed by atoms with van der Waals surface area (Å²) in [5.41, 5.74) is 3.81. The molecule has 0 spiro atoms. The maximum Gasteiger partial charge on any atom is 0.692 e. The SMILES string of the molecule is C=CCc1c2ccc(c1CC=C)OOCC2.O=[P+](O)O. The molecule has 2 aliphatic heterocycles. The lowest BCUT2D eigenvalue weighted by atomic mass is 9.93. The molecule has 20 heavy (non-hydrogen) atoms. The fourth-order valence-electron chi connectivity index (χ4n) is 2.06. The summed E-state index contributed by atoms with van der Waals surface area (Å²) >= 11 is 0. The highest BCUT2D eigenvalue weighted by Gasteiger charge is 2.16. The van der Waals surface area contributed by atoms with Gasteiger partial charge in [-0.2, -0.15) is 4.89 Å². The summed E-state index contributed by atoms with van der Waals surface area (Å²) in [6.07, 6.45) is 6.37. The number of benzene rings is 1. The average Bonchev–Trinajstić information content (AvgIpc) is 2.33. The molecule has 0 aromatic heterocycles. The summed E-state index contributed by atoms with van der Waals surface area (Å²) < 4.78 is 8.70. The molecule has 0 unspecified atom stereocenters. The molecule has 3 rings (SSSR count). The van der Waals surface area contributed by atoms with E-state index in [1.807, 2.05) is 18.2 Å². The Bertz CT molecular complexity index is 456. The molecule has 1 aromatic carbocycles. The van der Waals surface area contributed by atoms with Gasteiger partial charge in [-0.05, 0) is 30.0 Å². The summed E-state index contributed by atoms with van der Waals surface area (Å²) in [7, 11) is -2.87. The Kier molecular flexibility index (Phi) is 7.12. The number of rotatable bonds is 4. The van der Waals surface area contributed by atoms with Crippen LogP contribution in [0.25, 0.3) is 0 Å². The van der Waals surface area contributed by atoms with Crippen LogP contribution in [0.4, 0.5) is 0 Å². The van der Waals surface area contributed by atoms with Gasteiger partial charge in [-0.1, -0.05) is 18.2 Å². The van der Waals surface area contributed by atoms with Crippen molar-refractivity contribution in [3.8, 4) is 5.75 Å². The Balaban J connectivity index is 0.000000444. The van der Waals surface area contributed by atoms with Crippen LogP contribution in [0.5, 0.6) is 5.75 Å². The minimum atomic E-state index is -2.87. The first-order valence-corrected chi connectivity index (χ1v) is 7.26. The van der Waals surface area contributed by atoms with E-state index in [9.17, 15) is 0 Å². The molecule has 2 bridgehead atoms. The van der Waals surface area contributed by atoms with Gasteiger partial charge < -0.3 is 4.89 Å². The van der Waals surface area contributed by atoms with Gasteiger partial charge in [-0.25, -0.2) is 0 Å². The molecule has 2 aliphatic rings. The normalized spacial score (nSPS) is 12.3. The molecular weight excluding hydrogens is 279 g/mol. The van der Waals surface area contributed by atoms with Crippen molar-refractivity contribution in [1.82, 2.24) is 0 Å². The van der Waals surface area contributed by atoms with Crippen molar-refractivity contribution in [2.45, 2.75) is 19.3 Å². The first-order valence-electron chi connectivity index (χ1n) is 6.10. The lowest BCUT2D eigenvalue weighted by Crippen LogP contribution is -2.12. The van der Waals surface area contributed by atoms with E-state index in [0.29, 0.717) is 6.61 Å². The minimum absolute atomic E-state index is 0.602. The predicted octanol–water partition coefficient (Wildman–Crippen LogP) is 2.64. The third-order valence-corrected chi connectivity index (χ3v) is 2.79. The minimum Gasteiger partial charge on any atom is -0.337 e. The van der Waals surface area contributed by atoms with E-state index in [2.05, 4.69) is 19.2 Å². The van der Waals surface area contributed by atoms with Crippen molar-refractivity contribution >= 4 is 8.25 Å². The molecular formula is C14H18O5P+. The van der Waals surface area contributed by atoms with Crippen LogP contribution in [0.1, 0.15) is 16.7 Å². The second kappa shape index (κ2) is 8.61. The average molecular weight is 297 g/mol. The van der Waals surface area contributed by atoms with Crippen LogP contribution < -0.4 is 4.89 Å². The molecule has 5 nitrogen and oxygen atoms in total. The summed E-state index contributed by atoms with van der Waals surface area (Å²) in [6, 6.07) is 4.09. The van der Waals surface area contributed by atoms with Gasteiger partial charge in [0, 0.05) is 16.5 Å². The Hall–Kier alpha value is -1.52. The summed E-state index contributed by atoms with van der Waals surface area (Å²) in [4.78, 5) is 24.6. The van der Waals surface area contributed by atoms with E-state index in [-0.39, 0.29) is 0 Å². The molecule has 0 fully saturated rings. The quantitative estimate of drug-likeness (QED) is 0.507. The molecule has 1 aromatic rings. The molecule has 0 amide bonds. The van der Waals surface area contributed by atoms with Crippen LogP contribution in [0.15, 0.2) is 37.4 Å². The van der Waals surface area contributed by atoms with Crippen molar-refractivity contribution in [2.75, 3.05) is 6.61 Å². The highest BCUT2D eigenvalue weighted by atomic mass is 31.1. The third kappa shape index (κ3) is 4.87. The second-order valence-electron chi connectivity index (χ2n) is 4.07. The fourth-order valence-corrected chi connectivity index (χ4v) is 2.06. The smallest absolute Gasteiger partial charge is 0.337 e. The van der Waals surface area contributed by atoms with Crippen LogP contribution in [0.2, 0.25) is 0 Å². The molecule has 108 valence electrons. The highest BCUT2D eigenvalue weighted by molar-refractivity contribution is 7.30. The van der Waals surface area contributed by atoms with Crippen molar-refractivity contribution in [3.05, 3.63) is 54.1 Å². The molecule has 2 N–H and O–H groups in total. The van der Waals surface area contributed by atoms with Crippen LogP contribution >= 0.6 is 8.25 Å². The number of allylic oxidation sites excluding steroid dienone is 2. The van der Waals surface area contributed by atoms with Crippen molar-refractivity contribution in [3.63, 3.8) is 0 Å². The van der Waals surface area contributed by atoms with Gasteiger partial charge >= 0.3 is 8.25 Å². The fraction of sp³-hybridized carbons (Fsp3) is 0.286. The van der Waals surface area contributed by atoms with Gasteiger partial charge in [0.2, 0.25) is 0 Å². The molecule has 0 saturated heterocycles. The maximum absolute atomic E-state index is 8.70.